The summed E-state index contributed by atoms with van der Waals surface area (Å²) in [5.41, 5.74) is 3.15. The van der Waals surface area contributed by atoms with E-state index < -0.39 is 18.5 Å². The molecule has 2 aromatic rings. The molecule has 0 fully saturated rings. The van der Waals surface area contributed by atoms with Crippen LogP contribution in [0.15, 0.2) is 24.3 Å². The zero-order valence-electron chi connectivity index (χ0n) is 17.9. The summed E-state index contributed by atoms with van der Waals surface area (Å²) in [5.74, 6) is -0.678. The van der Waals surface area contributed by atoms with E-state index in [0.29, 0.717) is 24.6 Å². The largest absolute Gasteiger partial charge is 0.452 e. The van der Waals surface area contributed by atoms with Crippen LogP contribution < -0.4 is 5.32 Å². The lowest BCUT2D eigenvalue weighted by molar-refractivity contribution is -0.138. The van der Waals surface area contributed by atoms with Gasteiger partial charge in [-0.25, -0.2) is 4.79 Å². The summed E-state index contributed by atoms with van der Waals surface area (Å²) in [5, 5.41) is 3.41. The topological polar surface area (TPSA) is 88.6 Å². The molecule has 1 atom stereocenters. The number of esters is 1. The lowest BCUT2D eigenvalue weighted by Gasteiger charge is -2.24. The monoisotopic (exact) mass is 411 g/mol. The van der Waals surface area contributed by atoms with Gasteiger partial charge in [0.1, 0.15) is 0 Å². The Hall–Kier alpha value is -2.96. The number of para-hydroxylation sites is 1. The number of carbonyl (C=O) groups is 3. The quantitative estimate of drug-likeness (QED) is 0.707. The van der Waals surface area contributed by atoms with Crippen molar-refractivity contribution in [3.63, 3.8) is 0 Å². The molecule has 7 nitrogen and oxygen atoms in total. The highest BCUT2D eigenvalue weighted by Gasteiger charge is 2.27. The van der Waals surface area contributed by atoms with Crippen LogP contribution in [0.25, 0.3) is 10.9 Å². The first-order chi connectivity index (χ1) is 14.4. The Labute approximate surface area is 176 Å². The van der Waals surface area contributed by atoms with Gasteiger partial charge in [-0.05, 0) is 50.7 Å². The number of amides is 2. The van der Waals surface area contributed by atoms with Crippen molar-refractivity contribution >= 4 is 28.7 Å². The number of benzene rings is 1. The van der Waals surface area contributed by atoms with Gasteiger partial charge < -0.3 is 15.0 Å². The average Bonchev–Trinajstić information content (AvgIpc) is 2.74. The van der Waals surface area contributed by atoms with E-state index >= 15 is 0 Å². The minimum atomic E-state index is -0.513. The second-order valence-electron chi connectivity index (χ2n) is 7.71. The minimum Gasteiger partial charge on any atom is -0.452 e. The van der Waals surface area contributed by atoms with Crippen molar-refractivity contribution in [3.05, 3.63) is 41.1 Å². The first-order valence-electron chi connectivity index (χ1n) is 10.6. The van der Waals surface area contributed by atoms with Gasteiger partial charge in [-0.1, -0.05) is 25.1 Å². The van der Waals surface area contributed by atoms with E-state index in [1.54, 1.807) is 6.92 Å². The fraction of sp³-hybridized carbons (Fsp3) is 0.478. The number of nitrogens with one attached hydrogen (secondary N) is 1. The SMILES string of the molecule is CCNC(=O)CN(CC)C(=O)COC(=O)c1c2c(nc3ccccc13)CC[C@H](C)C2. The fourth-order valence-electron chi connectivity index (χ4n) is 3.89. The van der Waals surface area contributed by atoms with Gasteiger partial charge in [0, 0.05) is 24.2 Å². The molecule has 0 spiro atoms. The third kappa shape index (κ3) is 4.78. The van der Waals surface area contributed by atoms with Gasteiger partial charge in [0.25, 0.3) is 5.91 Å². The average molecular weight is 412 g/mol. The Balaban J connectivity index is 1.80. The van der Waals surface area contributed by atoms with E-state index in [4.69, 9.17) is 9.72 Å². The summed E-state index contributed by atoms with van der Waals surface area (Å²) in [7, 11) is 0. The minimum absolute atomic E-state index is 0.0498. The Kier molecular flexibility index (Phi) is 7.03. The Morgan fingerprint density at radius 3 is 2.73 bits per heavy atom. The van der Waals surface area contributed by atoms with E-state index in [2.05, 4.69) is 12.2 Å². The Bertz CT molecular complexity index is 957. The predicted octanol–water partition coefficient (Wildman–Crippen LogP) is 2.50. The molecule has 1 aromatic carbocycles. The van der Waals surface area contributed by atoms with Gasteiger partial charge in [0.2, 0.25) is 5.91 Å². The third-order valence-corrected chi connectivity index (χ3v) is 5.48. The summed E-state index contributed by atoms with van der Waals surface area (Å²) < 4.78 is 5.43. The summed E-state index contributed by atoms with van der Waals surface area (Å²) in [6.07, 6.45) is 2.64. The number of pyridine rings is 1. The predicted molar refractivity (Wildman–Crippen MR) is 114 cm³/mol. The number of aromatic nitrogens is 1. The second-order valence-corrected chi connectivity index (χ2v) is 7.71. The van der Waals surface area contributed by atoms with Crippen LogP contribution in [-0.4, -0.2) is 53.9 Å². The molecule has 2 amide bonds. The van der Waals surface area contributed by atoms with Crippen molar-refractivity contribution in [1.82, 2.24) is 15.2 Å². The maximum absolute atomic E-state index is 13.1. The van der Waals surface area contributed by atoms with Crippen molar-refractivity contribution in [3.8, 4) is 0 Å². The zero-order valence-corrected chi connectivity index (χ0v) is 17.9. The number of hydrogen-bond acceptors (Lipinski definition) is 5. The van der Waals surface area contributed by atoms with Gasteiger partial charge in [0.15, 0.2) is 6.61 Å². The lowest BCUT2D eigenvalue weighted by Crippen LogP contribution is -2.42. The molecule has 0 unspecified atom stereocenters. The number of rotatable bonds is 7. The summed E-state index contributed by atoms with van der Waals surface area (Å²) in [4.78, 5) is 43.5. The van der Waals surface area contributed by atoms with E-state index in [0.717, 1.165) is 41.4 Å². The zero-order chi connectivity index (χ0) is 21.7. The van der Waals surface area contributed by atoms with Crippen LogP contribution in [0.1, 0.15) is 48.8 Å². The molecule has 0 aliphatic heterocycles. The number of nitrogens with zero attached hydrogens (tertiary/aromatic N) is 2. The molecule has 160 valence electrons. The molecule has 1 heterocycles. The first kappa shape index (κ1) is 21.7. The summed E-state index contributed by atoms with van der Waals surface area (Å²) in [6, 6.07) is 7.52. The highest BCUT2D eigenvalue weighted by molar-refractivity contribution is 6.05. The Morgan fingerprint density at radius 2 is 2.00 bits per heavy atom. The molecule has 1 aliphatic carbocycles. The number of likely N-dealkylation sites (N-methyl/N-ethyl adjacent to an activating group) is 2. The van der Waals surface area contributed by atoms with Crippen LogP contribution in [0.3, 0.4) is 0 Å². The smallest absolute Gasteiger partial charge is 0.339 e. The molecule has 3 rings (SSSR count). The summed E-state index contributed by atoms with van der Waals surface area (Å²) >= 11 is 0. The molecule has 0 bridgehead atoms. The van der Waals surface area contributed by atoms with E-state index in [1.165, 1.54) is 4.90 Å². The van der Waals surface area contributed by atoms with Crippen molar-refractivity contribution in [2.75, 3.05) is 26.2 Å². The van der Waals surface area contributed by atoms with Crippen LogP contribution in [0, 0.1) is 5.92 Å². The number of aryl methyl sites for hydroxylation is 1. The fourth-order valence-corrected chi connectivity index (χ4v) is 3.89. The highest BCUT2D eigenvalue weighted by Crippen LogP contribution is 2.31. The summed E-state index contributed by atoms with van der Waals surface area (Å²) in [6.45, 7) is 6.18. The van der Waals surface area contributed by atoms with Crippen molar-refractivity contribution in [2.45, 2.75) is 40.0 Å². The van der Waals surface area contributed by atoms with Crippen molar-refractivity contribution < 1.29 is 19.1 Å². The second kappa shape index (κ2) is 9.69. The number of ether oxygens (including phenoxy) is 1. The molecular formula is C23H29N3O4. The molecule has 1 N–H and O–H groups in total. The van der Waals surface area contributed by atoms with Crippen LogP contribution in [-0.2, 0) is 27.2 Å². The number of carbonyl (C=O) groups excluding carboxylic acids is 3. The molecule has 7 heteroatoms. The highest BCUT2D eigenvalue weighted by atomic mass is 16.5. The molecule has 0 saturated heterocycles. The lowest BCUT2D eigenvalue weighted by atomic mass is 9.84. The van der Waals surface area contributed by atoms with Crippen molar-refractivity contribution in [1.29, 1.82) is 0 Å². The number of fused-ring (bicyclic) bond motifs is 2. The van der Waals surface area contributed by atoms with Crippen LogP contribution >= 0.6 is 0 Å². The molecule has 30 heavy (non-hydrogen) atoms. The van der Waals surface area contributed by atoms with Gasteiger partial charge in [0.05, 0.1) is 17.6 Å². The van der Waals surface area contributed by atoms with Crippen LogP contribution in [0.5, 0.6) is 0 Å². The van der Waals surface area contributed by atoms with Crippen molar-refractivity contribution in [2.24, 2.45) is 5.92 Å². The van der Waals surface area contributed by atoms with Gasteiger partial charge in [-0.15, -0.1) is 0 Å². The maximum atomic E-state index is 13.1. The van der Waals surface area contributed by atoms with E-state index in [9.17, 15) is 14.4 Å². The molecule has 1 aliphatic rings. The molecule has 1 aromatic heterocycles. The van der Waals surface area contributed by atoms with Crippen LogP contribution in [0.2, 0.25) is 0 Å². The van der Waals surface area contributed by atoms with Gasteiger partial charge in [-0.3, -0.25) is 14.6 Å². The number of hydrogen-bond donors (Lipinski definition) is 1. The molecular weight excluding hydrogens is 382 g/mol. The Morgan fingerprint density at radius 1 is 1.23 bits per heavy atom. The van der Waals surface area contributed by atoms with E-state index in [1.807, 2.05) is 31.2 Å². The van der Waals surface area contributed by atoms with Gasteiger partial charge >= 0.3 is 5.97 Å². The van der Waals surface area contributed by atoms with Crippen LogP contribution in [0.4, 0.5) is 0 Å². The van der Waals surface area contributed by atoms with Gasteiger partial charge in [-0.2, -0.15) is 0 Å². The maximum Gasteiger partial charge on any atom is 0.339 e. The van der Waals surface area contributed by atoms with E-state index in [-0.39, 0.29) is 12.5 Å². The third-order valence-electron chi connectivity index (χ3n) is 5.48. The standard InChI is InChI=1S/C23H29N3O4/c1-4-24-20(27)13-26(5-2)21(28)14-30-23(29)22-16-8-6-7-9-18(16)25-19-11-10-15(3)12-17(19)22/h6-9,15H,4-5,10-14H2,1-3H3,(H,24,27)/t15-/m0/s1. The molecule has 0 saturated carbocycles. The molecule has 0 radical (unpaired) electrons. The normalized spacial score (nSPS) is 15.4. The first-order valence-corrected chi connectivity index (χ1v) is 10.6.